The van der Waals surface area contributed by atoms with Crippen molar-refractivity contribution in [3.05, 3.63) is 107 Å². The van der Waals surface area contributed by atoms with Crippen LogP contribution in [0, 0.1) is 0 Å². The molecule has 0 saturated carbocycles. The molecule has 1 saturated heterocycles. The van der Waals surface area contributed by atoms with Crippen LogP contribution in [0.1, 0.15) is 33.1 Å². The highest BCUT2D eigenvalue weighted by Crippen LogP contribution is 2.31. The molecule has 3 aromatic rings. The molecule has 0 radical (unpaired) electrons. The van der Waals surface area contributed by atoms with Crippen LogP contribution in [-0.2, 0) is 6.18 Å². The van der Waals surface area contributed by atoms with Gasteiger partial charge in [0.25, 0.3) is 5.91 Å². The number of benzene rings is 3. The summed E-state index contributed by atoms with van der Waals surface area (Å²) in [6.07, 6.45) is -4.41. The van der Waals surface area contributed by atoms with Crippen LogP contribution in [-0.4, -0.2) is 41.9 Å². The van der Waals surface area contributed by atoms with E-state index >= 15 is 0 Å². The lowest BCUT2D eigenvalue weighted by Gasteiger charge is -2.39. The van der Waals surface area contributed by atoms with Crippen LogP contribution in [0.4, 0.5) is 13.2 Å². The van der Waals surface area contributed by atoms with Gasteiger partial charge in [-0.05, 0) is 35.4 Å². The van der Waals surface area contributed by atoms with E-state index in [1.807, 2.05) is 36.4 Å². The summed E-state index contributed by atoms with van der Waals surface area (Å²) in [4.78, 5) is 16.9. The van der Waals surface area contributed by atoms with Crippen LogP contribution in [0.25, 0.3) is 0 Å². The number of nitrogens with zero attached hydrogens (tertiary/aromatic N) is 2. The van der Waals surface area contributed by atoms with Crippen molar-refractivity contribution >= 4 is 5.91 Å². The highest BCUT2D eigenvalue weighted by atomic mass is 19.4. The van der Waals surface area contributed by atoms with Gasteiger partial charge in [0.1, 0.15) is 0 Å². The third-order valence-electron chi connectivity index (χ3n) is 5.66. The first-order chi connectivity index (χ1) is 14.9. The second-order valence-electron chi connectivity index (χ2n) is 7.63. The summed E-state index contributed by atoms with van der Waals surface area (Å²) in [5.74, 6) is -0.232. The molecular weight excluding hydrogens is 401 g/mol. The van der Waals surface area contributed by atoms with Gasteiger partial charge in [-0.3, -0.25) is 9.69 Å². The Kier molecular flexibility index (Phi) is 6.09. The molecule has 1 aliphatic heterocycles. The van der Waals surface area contributed by atoms with Crippen molar-refractivity contribution in [3.63, 3.8) is 0 Å². The fraction of sp³-hybridized carbons (Fsp3) is 0.240. The zero-order valence-corrected chi connectivity index (χ0v) is 16.9. The van der Waals surface area contributed by atoms with E-state index in [0.29, 0.717) is 26.2 Å². The van der Waals surface area contributed by atoms with Gasteiger partial charge in [0, 0.05) is 31.7 Å². The minimum atomic E-state index is -4.41. The number of hydrogen-bond acceptors (Lipinski definition) is 2. The molecule has 0 N–H and O–H groups in total. The zero-order chi connectivity index (χ0) is 21.8. The van der Waals surface area contributed by atoms with E-state index in [1.54, 1.807) is 4.90 Å². The number of halogens is 3. The van der Waals surface area contributed by atoms with Crippen molar-refractivity contribution in [2.24, 2.45) is 0 Å². The van der Waals surface area contributed by atoms with E-state index < -0.39 is 11.7 Å². The quantitative estimate of drug-likeness (QED) is 0.571. The molecule has 6 heteroatoms. The Morgan fingerprint density at radius 3 is 1.65 bits per heavy atom. The maximum atomic E-state index is 12.8. The fourth-order valence-electron chi connectivity index (χ4n) is 4.05. The molecule has 1 fully saturated rings. The second-order valence-corrected chi connectivity index (χ2v) is 7.63. The summed E-state index contributed by atoms with van der Waals surface area (Å²) in [7, 11) is 0. The minimum absolute atomic E-state index is 0.0886. The van der Waals surface area contributed by atoms with Gasteiger partial charge in [-0.15, -0.1) is 0 Å². The predicted octanol–water partition coefficient (Wildman–Crippen LogP) is 5.25. The van der Waals surface area contributed by atoms with Crippen molar-refractivity contribution in [3.8, 4) is 0 Å². The van der Waals surface area contributed by atoms with Crippen LogP contribution < -0.4 is 0 Å². The highest BCUT2D eigenvalue weighted by Gasteiger charge is 2.31. The van der Waals surface area contributed by atoms with Crippen LogP contribution in [0.3, 0.4) is 0 Å². The lowest BCUT2D eigenvalue weighted by molar-refractivity contribution is -0.137. The predicted molar refractivity (Wildman–Crippen MR) is 114 cm³/mol. The summed E-state index contributed by atoms with van der Waals surface area (Å²) in [5, 5.41) is 0. The molecule has 0 unspecified atom stereocenters. The topological polar surface area (TPSA) is 23.6 Å². The van der Waals surface area contributed by atoms with E-state index in [-0.39, 0.29) is 17.5 Å². The Hall–Kier alpha value is -3.12. The SMILES string of the molecule is O=C(c1ccc(C(F)(F)F)cc1)N1CCN(C(c2ccccc2)c2ccccc2)CC1. The molecule has 0 spiro atoms. The summed E-state index contributed by atoms with van der Waals surface area (Å²) >= 11 is 0. The van der Waals surface area contributed by atoms with E-state index in [2.05, 4.69) is 29.2 Å². The van der Waals surface area contributed by atoms with Gasteiger partial charge in [0.15, 0.2) is 0 Å². The number of rotatable bonds is 4. The average molecular weight is 424 g/mol. The number of amides is 1. The molecule has 0 bridgehead atoms. The monoisotopic (exact) mass is 424 g/mol. The molecule has 160 valence electrons. The van der Waals surface area contributed by atoms with E-state index in [1.165, 1.54) is 23.3 Å². The highest BCUT2D eigenvalue weighted by molar-refractivity contribution is 5.94. The molecule has 0 atom stereocenters. The molecular formula is C25H23F3N2O. The van der Waals surface area contributed by atoms with Crippen molar-refractivity contribution < 1.29 is 18.0 Å². The molecule has 4 rings (SSSR count). The standard InChI is InChI=1S/C25H23F3N2O/c26-25(27,28)22-13-11-21(12-14-22)24(31)30-17-15-29(16-18-30)23(19-7-3-1-4-8-19)20-9-5-2-6-10-20/h1-14,23H,15-18H2. The van der Waals surface area contributed by atoms with Crippen molar-refractivity contribution in [1.29, 1.82) is 0 Å². The van der Waals surface area contributed by atoms with Gasteiger partial charge >= 0.3 is 6.18 Å². The molecule has 1 amide bonds. The number of alkyl halides is 3. The van der Waals surface area contributed by atoms with Crippen molar-refractivity contribution in [2.75, 3.05) is 26.2 Å². The number of hydrogen-bond donors (Lipinski definition) is 0. The number of carbonyl (C=O) groups is 1. The molecule has 0 aromatic heterocycles. The van der Waals surface area contributed by atoms with Gasteiger partial charge in [-0.2, -0.15) is 13.2 Å². The first-order valence-electron chi connectivity index (χ1n) is 10.2. The summed E-state index contributed by atoms with van der Waals surface area (Å²) < 4.78 is 38.3. The van der Waals surface area contributed by atoms with Crippen molar-refractivity contribution in [2.45, 2.75) is 12.2 Å². The van der Waals surface area contributed by atoms with E-state index in [9.17, 15) is 18.0 Å². The third kappa shape index (κ3) is 4.80. The molecule has 0 aliphatic carbocycles. The first kappa shape index (κ1) is 21.1. The fourth-order valence-corrected chi connectivity index (χ4v) is 4.05. The molecule has 31 heavy (non-hydrogen) atoms. The molecule has 1 heterocycles. The minimum Gasteiger partial charge on any atom is -0.336 e. The Balaban J connectivity index is 1.47. The smallest absolute Gasteiger partial charge is 0.336 e. The first-order valence-corrected chi connectivity index (χ1v) is 10.2. The second kappa shape index (κ2) is 8.94. The Labute approximate surface area is 179 Å². The zero-order valence-electron chi connectivity index (χ0n) is 16.9. The van der Waals surface area contributed by atoms with Gasteiger partial charge in [-0.1, -0.05) is 60.7 Å². The van der Waals surface area contributed by atoms with Crippen LogP contribution in [0.5, 0.6) is 0 Å². The lowest BCUT2D eigenvalue weighted by atomic mass is 9.96. The third-order valence-corrected chi connectivity index (χ3v) is 5.66. The number of carbonyl (C=O) groups excluding carboxylic acids is 1. The lowest BCUT2D eigenvalue weighted by Crippen LogP contribution is -2.49. The van der Waals surface area contributed by atoms with Gasteiger partial charge in [0.05, 0.1) is 11.6 Å². The summed E-state index contributed by atoms with van der Waals surface area (Å²) in [6.45, 7) is 2.41. The number of piperazine rings is 1. The average Bonchev–Trinajstić information content (AvgIpc) is 2.80. The molecule has 1 aliphatic rings. The van der Waals surface area contributed by atoms with E-state index in [4.69, 9.17) is 0 Å². The Bertz CT molecular complexity index is 957. The van der Waals surface area contributed by atoms with Crippen molar-refractivity contribution in [1.82, 2.24) is 9.80 Å². The van der Waals surface area contributed by atoms with Gasteiger partial charge in [-0.25, -0.2) is 0 Å². The van der Waals surface area contributed by atoms with Crippen LogP contribution in [0.15, 0.2) is 84.9 Å². The van der Waals surface area contributed by atoms with E-state index in [0.717, 1.165) is 12.1 Å². The molecule has 3 nitrogen and oxygen atoms in total. The maximum absolute atomic E-state index is 12.8. The van der Waals surface area contributed by atoms with Gasteiger partial charge in [0.2, 0.25) is 0 Å². The normalized spacial score (nSPS) is 15.3. The molecule has 3 aromatic carbocycles. The Morgan fingerprint density at radius 1 is 0.710 bits per heavy atom. The summed E-state index contributed by atoms with van der Waals surface area (Å²) in [5.41, 5.74) is 1.92. The van der Waals surface area contributed by atoms with Crippen LogP contribution in [0.2, 0.25) is 0 Å². The maximum Gasteiger partial charge on any atom is 0.416 e. The van der Waals surface area contributed by atoms with Crippen LogP contribution >= 0.6 is 0 Å². The largest absolute Gasteiger partial charge is 0.416 e. The Morgan fingerprint density at radius 2 is 1.19 bits per heavy atom. The van der Waals surface area contributed by atoms with Gasteiger partial charge < -0.3 is 4.90 Å². The summed E-state index contributed by atoms with van der Waals surface area (Å²) in [6, 6.07) is 25.0.